The van der Waals surface area contributed by atoms with Gasteiger partial charge in [0.2, 0.25) is 0 Å². The summed E-state index contributed by atoms with van der Waals surface area (Å²) in [7, 11) is 0. The molecule has 0 aromatic heterocycles. The fraction of sp³-hybridized carbons (Fsp3) is 1.00. The second-order valence-corrected chi connectivity index (χ2v) is 4.10. The molecule has 0 heterocycles. The van der Waals surface area contributed by atoms with Crippen LogP contribution in [0.5, 0.6) is 0 Å². The van der Waals surface area contributed by atoms with Crippen molar-refractivity contribution in [3.05, 3.63) is 0 Å². The molecule has 2 atom stereocenters. The lowest BCUT2D eigenvalue weighted by Crippen LogP contribution is -2.41. The third-order valence-corrected chi connectivity index (χ3v) is 2.40. The standard InChI is InChI=1S/C5H9F3O2S/c1-5(2,11(9)10)3(6)4(7)8/h3-4H,1-2H3,(H,9,10)/p-1. The predicted octanol–water partition coefficient (Wildman–Crippen LogP) is 1.25. The summed E-state index contributed by atoms with van der Waals surface area (Å²) < 4.78 is 54.1. The molecule has 0 aliphatic rings. The Morgan fingerprint density at radius 1 is 1.36 bits per heavy atom. The van der Waals surface area contributed by atoms with E-state index in [1.807, 2.05) is 0 Å². The number of halogens is 3. The summed E-state index contributed by atoms with van der Waals surface area (Å²) >= 11 is -2.83. The molecule has 0 N–H and O–H groups in total. The molecule has 0 rings (SSSR count). The van der Waals surface area contributed by atoms with Crippen LogP contribution in [-0.2, 0) is 11.1 Å². The number of alkyl halides is 3. The maximum atomic E-state index is 12.4. The normalized spacial score (nSPS) is 18.5. The molecular formula is C5H8F3O2S-. The Bertz CT molecular complexity index is 160. The van der Waals surface area contributed by atoms with Crippen LogP contribution >= 0.6 is 0 Å². The van der Waals surface area contributed by atoms with Crippen molar-refractivity contribution in [3.63, 3.8) is 0 Å². The van der Waals surface area contributed by atoms with Crippen LogP contribution in [0.4, 0.5) is 13.2 Å². The Morgan fingerprint density at radius 2 is 1.73 bits per heavy atom. The molecule has 11 heavy (non-hydrogen) atoms. The minimum atomic E-state index is -3.26. The lowest BCUT2D eigenvalue weighted by molar-refractivity contribution is 0.0316. The molecule has 0 saturated carbocycles. The van der Waals surface area contributed by atoms with Crippen molar-refractivity contribution in [2.75, 3.05) is 0 Å². The Hall–Kier alpha value is -0.100. The van der Waals surface area contributed by atoms with E-state index in [2.05, 4.69) is 0 Å². The van der Waals surface area contributed by atoms with E-state index >= 15 is 0 Å². The summed E-state index contributed by atoms with van der Waals surface area (Å²) in [6, 6.07) is 0. The van der Waals surface area contributed by atoms with Crippen LogP contribution in [-0.4, -0.2) is 26.1 Å². The third kappa shape index (κ3) is 2.44. The van der Waals surface area contributed by atoms with Gasteiger partial charge in [0.15, 0.2) is 6.17 Å². The highest BCUT2D eigenvalue weighted by molar-refractivity contribution is 7.80. The van der Waals surface area contributed by atoms with Crippen LogP contribution in [0.25, 0.3) is 0 Å². The van der Waals surface area contributed by atoms with Crippen LogP contribution in [0, 0.1) is 0 Å². The molecule has 0 amide bonds. The van der Waals surface area contributed by atoms with Gasteiger partial charge < -0.3 is 4.55 Å². The van der Waals surface area contributed by atoms with E-state index in [0.717, 1.165) is 13.8 Å². The molecule has 0 aliphatic carbocycles. The van der Waals surface area contributed by atoms with Crippen molar-refractivity contribution < 1.29 is 21.9 Å². The first kappa shape index (κ1) is 10.9. The Labute approximate surface area is 65.1 Å². The minimum Gasteiger partial charge on any atom is -0.772 e. The fourth-order valence-electron chi connectivity index (χ4n) is 0.395. The van der Waals surface area contributed by atoms with Crippen LogP contribution < -0.4 is 0 Å². The Kier molecular flexibility index (Phi) is 3.50. The molecule has 0 bridgehead atoms. The van der Waals surface area contributed by atoms with E-state index in [0.29, 0.717) is 0 Å². The maximum Gasteiger partial charge on any atom is 0.270 e. The van der Waals surface area contributed by atoms with Crippen molar-refractivity contribution in [2.24, 2.45) is 0 Å². The van der Waals surface area contributed by atoms with Crippen molar-refractivity contribution in [2.45, 2.75) is 31.2 Å². The molecule has 0 aromatic rings. The van der Waals surface area contributed by atoms with Gasteiger partial charge in [-0.15, -0.1) is 0 Å². The van der Waals surface area contributed by atoms with Gasteiger partial charge in [-0.25, -0.2) is 13.2 Å². The molecule has 0 aromatic carbocycles. The van der Waals surface area contributed by atoms with Gasteiger partial charge in [0.1, 0.15) is 0 Å². The summed E-state index contributed by atoms with van der Waals surface area (Å²) in [6.07, 6.45) is -5.90. The average molecular weight is 189 g/mol. The molecule has 0 spiro atoms. The first-order chi connectivity index (χ1) is 4.80. The summed E-state index contributed by atoms with van der Waals surface area (Å²) in [4.78, 5) is 0. The zero-order chi connectivity index (χ0) is 9.23. The van der Waals surface area contributed by atoms with Gasteiger partial charge in [-0.3, -0.25) is 4.21 Å². The summed E-state index contributed by atoms with van der Waals surface area (Å²) in [6.45, 7) is 1.82. The minimum absolute atomic E-state index is 0.910. The molecule has 0 radical (unpaired) electrons. The Morgan fingerprint density at radius 3 is 1.82 bits per heavy atom. The lowest BCUT2D eigenvalue weighted by atomic mass is 10.1. The van der Waals surface area contributed by atoms with Crippen molar-refractivity contribution in [1.82, 2.24) is 0 Å². The van der Waals surface area contributed by atoms with E-state index in [4.69, 9.17) is 0 Å². The van der Waals surface area contributed by atoms with E-state index in [9.17, 15) is 21.9 Å². The van der Waals surface area contributed by atoms with Crippen molar-refractivity contribution in [1.29, 1.82) is 0 Å². The van der Waals surface area contributed by atoms with E-state index in [1.165, 1.54) is 0 Å². The molecule has 68 valence electrons. The second kappa shape index (κ2) is 3.53. The smallest absolute Gasteiger partial charge is 0.270 e. The Balaban J connectivity index is 4.42. The van der Waals surface area contributed by atoms with Crippen LogP contribution in [0.1, 0.15) is 13.8 Å². The molecule has 2 unspecified atom stereocenters. The molecular weight excluding hydrogens is 181 g/mol. The van der Waals surface area contributed by atoms with Gasteiger partial charge in [0, 0.05) is 0 Å². The summed E-state index contributed by atoms with van der Waals surface area (Å²) in [5.41, 5.74) is 0. The number of hydrogen-bond donors (Lipinski definition) is 0. The highest BCUT2D eigenvalue weighted by Gasteiger charge is 2.37. The van der Waals surface area contributed by atoms with Gasteiger partial charge in [-0.2, -0.15) is 0 Å². The third-order valence-electron chi connectivity index (χ3n) is 1.31. The monoisotopic (exact) mass is 189 g/mol. The molecule has 2 nitrogen and oxygen atoms in total. The molecule has 6 heteroatoms. The van der Waals surface area contributed by atoms with Gasteiger partial charge >= 0.3 is 0 Å². The fourth-order valence-corrected chi connectivity index (χ4v) is 0.682. The molecule has 0 saturated heterocycles. The lowest BCUT2D eigenvalue weighted by Gasteiger charge is -2.30. The second-order valence-electron chi connectivity index (χ2n) is 2.57. The number of rotatable bonds is 3. The zero-order valence-electron chi connectivity index (χ0n) is 6.01. The molecule has 0 aliphatic heterocycles. The number of hydrogen-bond acceptors (Lipinski definition) is 2. The highest BCUT2D eigenvalue weighted by Crippen LogP contribution is 2.24. The maximum absolute atomic E-state index is 12.4. The quantitative estimate of drug-likeness (QED) is 0.627. The average Bonchev–Trinajstić information content (AvgIpc) is 1.85. The van der Waals surface area contributed by atoms with Gasteiger partial charge in [-0.1, -0.05) is 0 Å². The predicted molar refractivity (Wildman–Crippen MR) is 33.9 cm³/mol. The molecule has 0 fully saturated rings. The summed E-state index contributed by atoms with van der Waals surface area (Å²) in [5, 5.41) is 0. The SMILES string of the molecule is CC(C)(C(F)C(F)F)S(=O)[O-]. The van der Waals surface area contributed by atoms with Gasteiger partial charge in [0.25, 0.3) is 6.43 Å². The first-order valence-electron chi connectivity index (χ1n) is 2.81. The highest BCUT2D eigenvalue weighted by atomic mass is 32.2. The zero-order valence-corrected chi connectivity index (χ0v) is 6.83. The van der Waals surface area contributed by atoms with E-state index in [1.54, 1.807) is 0 Å². The van der Waals surface area contributed by atoms with Crippen LogP contribution in [0.3, 0.4) is 0 Å². The van der Waals surface area contributed by atoms with Gasteiger partial charge in [-0.05, 0) is 24.9 Å². The van der Waals surface area contributed by atoms with Crippen molar-refractivity contribution >= 4 is 11.1 Å². The van der Waals surface area contributed by atoms with E-state index in [-0.39, 0.29) is 0 Å². The van der Waals surface area contributed by atoms with Crippen LogP contribution in [0.15, 0.2) is 0 Å². The van der Waals surface area contributed by atoms with Crippen molar-refractivity contribution in [3.8, 4) is 0 Å². The van der Waals surface area contributed by atoms with E-state index < -0.39 is 28.4 Å². The topological polar surface area (TPSA) is 40.1 Å². The largest absolute Gasteiger partial charge is 0.772 e. The first-order valence-corrected chi connectivity index (χ1v) is 3.89. The van der Waals surface area contributed by atoms with Crippen LogP contribution in [0.2, 0.25) is 0 Å². The van der Waals surface area contributed by atoms with Gasteiger partial charge in [0.05, 0.1) is 4.75 Å². The summed E-state index contributed by atoms with van der Waals surface area (Å²) in [5.74, 6) is 0.